The van der Waals surface area contributed by atoms with E-state index in [1.807, 2.05) is 12.1 Å². The first-order valence-electron chi connectivity index (χ1n) is 11.8. The van der Waals surface area contributed by atoms with Crippen molar-refractivity contribution in [2.24, 2.45) is 4.99 Å². The minimum absolute atomic E-state index is 0.173. The lowest BCUT2D eigenvalue weighted by Gasteiger charge is -2.41. The Balaban J connectivity index is 1.33. The third-order valence-corrected chi connectivity index (χ3v) is 6.88. The summed E-state index contributed by atoms with van der Waals surface area (Å²) in [7, 11) is 0. The largest absolute Gasteiger partial charge is 0.363 e. The summed E-state index contributed by atoms with van der Waals surface area (Å²) >= 11 is 0. The topological polar surface area (TPSA) is 59.9 Å². The van der Waals surface area contributed by atoms with Gasteiger partial charge in [0.2, 0.25) is 0 Å². The maximum atomic E-state index is 13.6. The number of nitrogens with zero attached hydrogens (tertiary/aromatic N) is 6. The Labute approximate surface area is 189 Å². The number of aliphatic imine (C=N–C) groups is 1. The fourth-order valence-corrected chi connectivity index (χ4v) is 4.99. The first-order chi connectivity index (χ1) is 15.7. The van der Waals surface area contributed by atoms with Gasteiger partial charge in [-0.2, -0.15) is 0 Å². The van der Waals surface area contributed by atoms with Crippen LogP contribution < -0.4 is 10.2 Å². The van der Waals surface area contributed by atoms with Crippen LogP contribution in [0.3, 0.4) is 0 Å². The fraction of sp³-hybridized carbons (Fsp3) is 0.542. The molecular weight excluding hydrogens is 405 g/mol. The van der Waals surface area contributed by atoms with E-state index in [-0.39, 0.29) is 11.9 Å². The molecule has 3 aliphatic rings. The van der Waals surface area contributed by atoms with Crippen LogP contribution in [0.1, 0.15) is 37.8 Å². The molecule has 0 spiro atoms. The predicted molar refractivity (Wildman–Crippen MR) is 127 cm³/mol. The van der Waals surface area contributed by atoms with E-state index in [0.717, 1.165) is 81.8 Å². The fourth-order valence-electron chi connectivity index (χ4n) is 4.99. The van der Waals surface area contributed by atoms with Crippen LogP contribution in [0.5, 0.6) is 0 Å². The second-order valence-corrected chi connectivity index (χ2v) is 8.88. The number of piperazine rings is 1. The van der Waals surface area contributed by atoms with E-state index in [9.17, 15) is 4.39 Å². The van der Waals surface area contributed by atoms with Crippen molar-refractivity contribution in [3.05, 3.63) is 42.0 Å². The average Bonchev–Trinajstić information content (AvgIpc) is 3.36. The lowest BCUT2D eigenvalue weighted by Crippen LogP contribution is -2.50. The molecule has 1 atom stereocenters. The molecule has 4 heterocycles. The van der Waals surface area contributed by atoms with Crippen molar-refractivity contribution in [1.82, 2.24) is 19.8 Å². The number of rotatable bonds is 6. The molecule has 0 bridgehead atoms. The minimum Gasteiger partial charge on any atom is -0.363 e. The van der Waals surface area contributed by atoms with Gasteiger partial charge >= 0.3 is 0 Å². The smallest absolute Gasteiger partial charge is 0.160 e. The van der Waals surface area contributed by atoms with Crippen molar-refractivity contribution in [1.29, 1.82) is 0 Å². The van der Waals surface area contributed by atoms with Gasteiger partial charge in [-0.05, 0) is 50.0 Å². The molecule has 0 saturated carbocycles. The quantitative estimate of drug-likeness (QED) is 0.747. The van der Waals surface area contributed by atoms with E-state index in [1.54, 1.807) is 18.5 Å². The van der Waals surface area contributed by atoms with Crippen LogP contribution in [0.25, 0.3) is 0 Å². The molecule has 1 N–H and O–H groups in total. The lowest BCUT2D eigenvalue weighted by atomic mass is 10.0. The van der Waals surface area contributed by atoms with Gasteiger partial charge in [-0.3, -0.25) is 4.90 Å². The number of aromatic nitrogens is 2. The summed E-state index contributed by atoms with van der Waals surface area (Å²) in [4.78, 5) is 21.3. The molecule has 1 unspecified atom stereocenters. The zero-order valence-corrected chi connectivity index (χ0v) is 18.8. The van der Waals surface area contributed by atoms with Crippen LogP contribution >= 0.6 is 0 Å². The Hall–Kier alpha value is -2.58. The molecule has 2 fully saturated rings. The summed E-state index contributed by atoms with van der Waals surface area (Å²) in [6, 6.07) is 7.37. The van der Waals surface area contributed by atoms with Gasteiger partial charge in [0.15, 0.2) is 11.6 Å². The normalized spacial score (nSPS) is 20.6. The van der Waals surface area contributed by atoms with Crippen molar-refractivity contribution in [2.45, 2.75) is 32.2 Å². The Morgan fingerprint density at radius 1 is 1.00 bits per heavy atom. The van der Waals surface area contributed by atoms with Gasteiger partial charge in [0.25, 0.3) is 0 Å². The van der Waals surface area contributed by atoms with Crippen molar-refractivity contribution >= 4 is 23.0 Å². The molecule has 2 aromatic rings. The molecule has 0 amide bonds. The molecular formula is C24H32FN7. The molecule has 0 radical (unpaired) electrons. The summed E-state index contributed by atoms with van der Waals surface area (Å²) in [5.41, 5.74) is 3.21. The summed E-state index contributed by atoms with van der Waals surface area (Å²) in [5, 5.41) is 3.38. The van der Waals surface area contributed by atoms with E-state index in [0.29, 0.717) is 0 Å². The van der Waals surface area contributed by atoms with Crippen molar-refractivity contribution < 1.29 is 4.39 Å². The average molecular weight is 438 g/mol. The van der Waals surface area contributed by atoms with Crippen LogP contribution in [-0.4, -0.2) is 77.8 Å². The molecule has 7 nitrogen and oxygen atoms in total. The highest BCUT2D eigenvalue weighted by Gasteiger charge is 2.30. The first kappa shape index (κ1) is 21.3. The SMILES string of the molecule is CCC1=Nc2c(ncnc2N2CCN(C(CN3CCCC3)c3ccc(F)cc3)CC2)NC1. The number of anilines is 2. The summed E-state index contributed by atoms with van der Waals surface area (Å²) < 4.78 is 13.6. The Kier molecular flexibility index (Phi) is 6.32. The number of hydrogen-bond donors (Lipinski definition) is 1. The van der Waals surface area contributed by atoms with E-state index in [2.05, 4.69) is 36.9 Å². The molecule has 1 aromatic carbocycles. The van der Waals surface area contributed by atoms with Crippen molar-refractivity contribution in [3.63, 3.8) is 0 Å². The number of benzene rings is 1. The number of fused-ring (bicyclic) bond motifs is 1. The molecule has 0 aliphatic carbocycles. The van der Waals surface area contributed by atoms with E-state index in [4.69, 9.17) is 4.99 Å². The monoisotopic (exact) mass is 437 g/mol. The van der Waals surface area contributed by atoms with E-state index >= 15 is 0 Å². The standard InChI is InChI=1S/C24H32FN7/c1-2-20-15-26-23-22(29-20)24(28-17-27-23)32-13-11-31(12-14-32)21(16-30-9-3-4-10-30)18-5-7-19(25)8-6-18/h5-8,17,21H,2-4,9-16H2,1H3,(H,26,27,28). The molecule has 8 heteroatoms. The maximum absolute atomic E-state index is 13.6. The van der Waals surface area contributed by atoms with Gasteiger partial charge in [0.1, 0.15) is 17.8 Å². The molecule has 1 aromatic heterocycles. The van der Waals surface area contributed by atoms with Gasteiger partial charge in [0.05, 0.1) is 6.54 Å². The molecule has 32 heavy (non-hydrogen) atoms. The predicted octanol–water partition coefficient (Wildman–Crippen LogP) is 3.48. The van der Waals surface area contributed by atoms with Gasteiger partial charge in [-0.25, -0.2) is 19.4 Å². The maximum Gasteiger partial charge on any atom is 0.160 e. The highest BCUT2D eigenvalue weighted by molar-refractivity contribution is 5.96. The number of likely N-dealkylation sites (tertiary alicyclic amines) is 1. The van der Waals surface area contributed by atoms with Crippen LogP contribution in [0.4, 0.5) is 21.7 Å². The minimum atomic E-state index is -0.173. The second kappa shape index (κ2) is 9.50. The lowest BCUT2D eigenvalue weighted by molar-refractivity contribution is 0.143. The van der Waals surface area contributed by atoms with E-state index in [1.165, 1.54) is 18.4 Å². The number of hydrogen-bond acceptors (Lipinski definition) is 7. The summed E-state index contributed by atoms with van der Waals surface area (Å²) in [6.07, 6.45) is 5.10. The van der Waals surface area contributed by atoms with Crippen LogP contribution in [-0.2, 0) is 0 Å². The van der Waals surface area contributed by atoms with Gasteiger partial charge in [-0.15, -0.1) is 0 Å². The molecule has 2 saturated heterocycles. The van der Waals surface area contributed by atoms with Crippen LogP contribution in [0.15, 0.2) is 35.6 Å². The number of halogens is 1. The number of nitrogens with one attached hydrogen (secondary N) is 1. The molecule has 5 rings (SSSR count). The first-order valence-corrected chi connectivity index (χ1v) is 11.8. The summed E-state index contributed by atoms with van der Waals surface area (Å²) in [6.45, 7) is 9.86. The second-order valence-electron chi connectivity index (χ2n) is 8.88. The third-order valence-electron chi connectivity index (χ3n) is 6.88. The van der Waals surface area contributed by atoms with Gasteiger partial charge in [0, 0.05) is 44.5 Å². The van der Waals surface area contributed by atoms with E-state index < -0.39 is 0 Å². The van der Waals surface area contributed by atoms with Gasteiger partial charge < -0.3 is 15.1 Å². The zero-order valence-electron chi connectivity index (χ0n) is 18.8. The Morgan fingerprint density at radius 2 is 1.75 bits per heavy atom. The van der Waals surface area contributed by atoms with Crippen LogP contribution in [0, 0.1) is 5.82 Å². The Bertz CT molecular complexity index is 947. The zero-order chi connectivity index (χ0) is 21.9. The third kappa shape index (κ3) is 4.47. The highest BCUT2D eigenvalue weighted by Crippen LogP contribution is 2.36. The molecule has 170 valence electrons. The molecule has 3 aliphatic heterocycles. The van der Waals surface area contributed by atoms with Crippen LogP contribution in [0.2, 0.25) is 0 Å². The Morgan fingerprint density at radius 3 is 2.47 bits per heavy atom. The highest BCUT2D eigenvalue weighted by atomic mass is 19.1. The summed E-state index contributed by atoms with van der Waals surface area (Å²) in [5.74, 6) is 1.58. The van der Waals surface area contributed by atoms with Crippen molar-refractivity contribution in [3.8, 4) is 0 Å². The van der Waals surface area contributed by atoms with Crippen molar-refractivity contribution in [2.75, 3.05) is 62.6 Å². The van der Waals surface area contributed by atoms with Gasteiger partial charge in [-0.1, -0.05) is 19.1 Å².